The van der Waals surface area contributed by atoms with Crippen LogP contribution in [0.4, 0.5) is 0 Å². The molecule has 1 unspecified atom stereocenters. The molecule has 2 amide bonds. The van der Waals surface area contributed by atoms with Crippen molar-refractivity contribution < 1.29 is 29.0 Å². The number of carboxylic acids is 1. The van der Waals surface area contributed by atoms with Crippen LogP contribution in [0.5, 0.6) is 0 Å². The summed E-state index contributed by atoms with van der Waals surface area (Å²) >= 11 is 0. The summed E-state index contributed by atoms with van der Waals surface area (Å²) in [7, 11) is 0. The number of ether oxygens (including phenoxy) is 1. The summed E-state index contributed by atoms with van der Waals surface area (Å²) in [6, 6.07) is 3.07. The van der Waals surface area contributed by atoms with Gasteiger partial charge in [0.1, 0.15) is 11.6 Å². The molecule has 5 aliphatic rings. The molecule has 4 saturated carbocycles. The number of esters is 1. The third-order valence-corrected chi connectivity index (χ3v) is 7.61. The number of carbonyl (C=O) groups is 4. The lowest BCUT2D eigenvalue weighted by Crippen LogP contribution is -2.52. The van der Waals surface area contributed by atoms with E-state index < -0.39 is 41.3 Å². The Labute approximate surface area is 180 Å². The number of aliphatic carboxylic acids is 1. The van der Waals surface area contributed by atoms with Crippen molar-refractivity contribution in [2.45, 2.75) is 64.0 Å². The summed E-state index contributed by atoms with van der Waals surface area (Å²) in [5.41, 5.74) is 0.0250. The second kappa shape index (κ2) is 6.90. The molecule has 0 spiro atoms. The molecule has 7 nitrogen and oxygen atoms in total. The van der Waals surface area contributed by atoms with Crippen LogP contribution >= 0.6 is 0 Å². The van der Waals surface area contributed by atoms with Gasteiger partial charge in [-0.1, -0.05) is 13.8 Å². The summed E-state index contributed by atoms with van der Waals surface area (Å²) < 4.78 is 6.07. The van der Waals surface area contributed by atoms with E-state index in [1.54, 1.807) is 13.8 Å². The Balaban J connectivity index is 1.39. The average Bonchev–Trinajstić information content (AvgIpc) is 2.91. The zero-order valence-corrected chi connectivity index (χ0v) is 17.8. The maximum Gasteiger partial charge on any atom is 0.338 e. The third-order valence-electron chi connectivity index (χ3n) is 7.61. The van der Waals surface area contributed by atoms with E-state index in [-0.39, 0.29) is 16.7 Å². The van der Waals surface area contributed by atoms with E-state index in [4.69, 9.17) is 4.74 Å². The first kappa shape index (κ1) is 20.2. The Morgan fingerprint density at radius 1 is 1.00 bits per heavy atom. The van der Waals surface area contributed by atoms with Crippen molar-refractivity contribution in [3.63, 3.8) is 0 Å². The van der Waals surface area contributed by atoms with E-state index in [9.17, 15) is 24.3 Å². The van der Waals surface area contributed by atoms with Gasteiger partial charge in [0.25, 0.3) is 11.8 Å². The number of fused-ring (bicyclic) bond motifs is 1. The van der Waals surface area contributed by atoms with Gasteiger partial charge in [-0.25, -0.2) is 9.59 Å². The van der Waals surface area contributed by atoms with Crippen LogP contribution in [0, 0.1) is 23.7 Å². The number of imide groups is 1. The fourth-order valence-corrected chi connectivity index (χ4v) is 6.74. The monoisotopic (exact) mass is 425 g/mol. The molecule has 4 fully saturated rings. The minimum absolute atomic E-state index is 0.0665. The highest BCUT2D eigenvalue weighted by Gasteiger charge is 2.53. The molecule has 1 aliphatic heterocycles. The molecule has 1 N–H and O–H groups in total. The van der Waals surface area contributed by atoms with E-state index in [1.165, 1.54) is 37.5 Å². The van der Waals surface area contributed by atoms with E-state index in [0.29, 0.717) is 17.8 Å². The largest absolute Gasteiger partial charge is 0.480 e. The van der Waals surface area contributed by atoms with Crippen molar-refractivity contribution in [3.05, 3.63) is 34.9 Å². The SMILES string of the molecule is CC(C)C(C(=O)O)N1C(=O)c2ccc(C(=O)OC34CC5CC(CC(C5)C3)C4)cc2C1=O. The van der Waals surface area contributed by atoms with Crippen LogP contribution in [0.25, 0.3) is 0 Å². The minimum atomic E-state index is -1.25. The molecule has 0 saturated heterocycles. The number of benzene rings is 1. The van der Waals surface area contributed by atoms with Crippen molar-refractivity contribution in [2.24, 2.45) is 23.7 Å². The fraction of sp³-hybridized carbons (Fsp3) is 0.583. The van der Waals surface area contributed by atoms with E-state index in [0.717, 1.165) is 24.2 Å². The first-order valence-electron chi connectivity index (χ1n) is 11.2. The number of nitrogens with zero attached hydrogens (tertiary/aromatic N) is 1. The van der Waals surface area contributed by atoms with Gasteiger partial charge < -0.3 is 9.84 Å². The molecule has 1 aromatic carbocycles. The van der Waals surface area contributed by atoms with E-state index in [1.807, 2.05) is 0 Å². The zero-order chi connectivity index (χ0) is 22.1. The standard InChI is InChI=1S/C24H27NO6/c1-12(2)19(22(28)29)25-20(26)17-4-3-16(8-18(17)21(25)27)23(30)31-24-9-13-5-14(10-24)7-15(6-13)11-24/h3-4,8,12-15,19H,5-7,9-11H2,1-2H3,(H,28,29). The third kappa shape index (κ3) is 3.17. The van der Waals surface area contributed by atoms with Crippen LogP contribution < -0.4 is 0 Å². The lowest BCUT2D eigenvalue weighted by Gasteiger charge is -2.55. The Bertz CT molecular complexity index is 960. The van der Waals surface area contributed by atoms with Crippen LogP contribution in [0.3, 0.4) is 0 Å². The average molecular weight is 425 g/mol. The number of rotatable bonds is 5. The lowest BCUT2D eigenvalue weighted by atomic mass is 9.54. The summed E-state index contributed by atoms with van der Waals surface area (Å²) in [6.45, 7) is 3.30. The van der Waals surface area contributed by atoms with Crippen molar-refractivity contribution >= 4 is 23.8 Å². The number of carboxylic acid groups (broad SMARTS) is 1. The van der Waals surface area contributed by atoms with Crippen molar-refractivity contribution in [1.82, 2.24) is 4.90 Å². The maximum atomic E-state index is 13.0. The van der Waals surface area contributed by atoms with E-state index in [2.05, 4.69) is 0 Å². The quantitative estimate of drug-likeness (QED) is 0.572. The fourth-order valence-electron chi connectivity index (χ4n) is 6.74. The Morgan fingerprint density at radius 2 is 1.55 bits per heavy atom. The Morgan fingerprint density at radius 3 is 2.06 bits per heavy atom. The first-order valence-corrected chi connectivity index (χ1v) is 11.2. The van der Waals surface area contributed by atoms with Crippen LogP contribution in [-0.4, -0.2) is 45.4 Å². The van der Waals surface area contributed by atoms with Gasteiger partial charge in [0, 0.05) is 0 Å². The van der Waals surface area contributed by atoms with Crippen molar-refractivity contribution in [2.75, 3.05) is 0 Å². The summed E-state index contributed by atoms with van der Waals surface area (Å²) in [6.07, 6.45) is 6.45. The van der Waals surface area contributed by atoms with Gasteiger partial charge >= 0.3 is 11.9 Å². The van der Waals surface area contributed by atoms with Gasteiger partial charge in [-0.2, -0.15) is 0 Å². The van der Waals surface area contributed by atoms with E-state index >= 15 is 0 Å². The van der Waals surface area contributed by atoms with Crippen LogP contribution in [0.1, 0.15) is 83.4 Å². The molecule has 4 aliphatic carbocycles. The lowest BCUT2D eigenvalue weighted by molar-refractivity contribution is -0.143. The highest BCUT2D eigenvalue weighted by Crippen LogP contribution is 2.57. The number of hydrogen-bond acceptors (Lipinski definition) is 5. The van der Waals surface area contributed by atoms with Gasteiger partial charge in [0.05, 0.1) is 16.7 Å². The molecule has 4 bridgehead atoms. The smallest absolute Gasteiger partial charge is 0.338 e. The number of carbonyl (C=O) groups excluding carboxylic acids is 3. The molecule has 1 heterocycles. The molecule has 0 radical (unpaired) electrons. The van der Waals surface area contributed by atoms with Crippen LogP contribution in [0.15, 0.2) is 18.2 Å². The predicted octanol–water partition coefficient (Wildman–Crippen LogP) is 3.52. The molecular formula is C24H27NO6. The summed E-state index contributed by atoms with van der Waals surface area (Å²) in [5.74, 6) is -1.55. The number of amides is 2. The Kier molecular flexibility index (Phi) is 4.50. The number of hydrogen-bond donors (Lipinski definition) is 1. The molecule has 1 atom stereocenters. The molecule has 6 rings (SSSR count). The van der Waals surface area contributed by atoms with Gasteiger partial charge in [0.2, 0.25) is 0 Å². The summed E-state index contributed by atoms with van der Waals surface area (Å²) in [5, 5.41) is 9.53. The molecule has 31 heavy (non-hydrogen) atoms. The Hall–Kier alpha value is -2.70. The van der Waals surface area contributed by atoms with Crippen molar-refractivity contribution in [1.29, 1.82) is 0 Å². The summed E-state index contributed by atoms with van der Waals surface area (Å²) in [4.78, 5) is 51.2. The topological polar surface area (TPSA) is 101 Å². The predicted molar refractivity (Wildman–Crippen MR) is 110 cm³/mol. The molecule has 164 valence electrons. The minimum Gasteiger partial charge on any atom is -0.480 e. The first-order chi connectivity index (χ1) is 14.7. The van der Waals surface area contributed by atoms with Gasteiger partial charge in [-0.05, 0) is 80.4 Å². The highest BCUT2D eigenvalue weighted by atomic mass is 16.6. The zero-order valence-electron chi connectivity index (χ0n) is 17.8. The van der Waals surface area contributed by atoms with Crippen LogP contribution in [-0.2, 0) is 9.53 Å². The molecular weight excluding hydrogens is 398 g/mol. The van der Waals surface area contributed by atoms with Crippen LogP contribution in [0.2, 0.25) is 0 Å². The molecule has 0 aromatic heterocycles. The van der Waals surface area contributed by atoms with Gasteiger partial charge in [-0.15, -0.1) is 0 Å². The molecule has 1 aromatic rings. The van der Waals surface area contributed by atoms with Gasteiger partial charge in [-0.3, -0.25) is 14.5 Å². The second-order valence-corrected chi connectivity index (χ2v) is 10.3. The van der Waals surface area contributed by atoms with Crippen molar-refractivity contribution in [3.8, 4) is 0 Å². The molecule has 7 heteroatoms. The highest BCUT2D eigenvalue weighted by molar-refractivity contribution is 6.23. The van der Waals surface area contributed by atoms with Gasteiger partial charge in [0.15, 0.2) is 0 Å². The maximum absolute atomic E-state index is 13.0. The normalized spacial score (nSPS) is 31.8. The second-order valence-electron chi connectivity index (χ2n) is 10.3.